The van der Waals surface area contributed by atoms with Crippen molar-refractivity contribution >= 4 is 23.0 Å². The van der Waals surface area contributed by atoms with Gasteiger partial charge in [0, 0.05) is 31.3 Å². The average Bonchev–Trinajstić information content (AvgIpc) is 3.07. The van der Waals surface area contributed by atoms with Crippen LogP contribution in [-0.4, -0.2) is 38.0 Å². The predicted molar refractivity (Wildman–Crippen MR) is 94.7 cm³/mol. The van der Waals surface area contributed by atoms with Gasteiger partial charge in [0.25, 0.3) is 5.69 Å². The summed E-state index contributed by atoms with van der Waals surface area (Å²) < 4.78 is 0. The molecule has 0 amide bonds. The number of nitro groups is 1. The molecule has 1 aliphatic heterocycles. The number of rotatable bonds is 4. The van der Waals surface area contributed by atoms with Crippen LogP contribution in [0, 0.1) is 10.1 Å². The summed E-state index contributed by atoms with van der Waals surface area (Å²) in [6, 6.07) is 6.33. The van der Waals surface area contributed by atoms with Gasteiger partial charge in [-0.3, -0.25) is 10.1 Å². The Morgan fingerprint density at radius 2 is 2.38 bits per heavy atom. The smallest absolute Gasteiger partial charge is 0.275 e. The van der Waals surface area contributed by atoms with Crippen LogP contribution in [0.25, 0.3) is 0 Å². The van der Waals surface area contributed by atoms with E-state index in [-0.39, 0.29) is 10.6 Å². The number of hydrogen-bond acceptors (Lipinski definition) is 4. The largest absolute Gasteiger partial charge is 0.359 e. The summed E-state index contributed by atoms with van der Waals surface area (Å²) in [6.07, 6.45) is 4.09. The number of nitrogens with one attached hydrogen (secondary N) is 2. The highest BCUT2D eigenvalue weighted by atomic mass is 32.1. The Hall–Kier alpha value is -2.74. The topological polar surface area (TPSA) is 87.1 Å². The zero-order valence-electron chi connectivity index (χ0n) is 12.9. The lowest BCUT2D eigenvalue weighted by molar-refractivity contribution is -0.385. The Balaban J connectivity index is 2.08. The van der Waals surface area contributed by atoms with Gasteiger partial charge in [0.05, 0.1) is 22.5 Å². The normalized spacial score (nSPS) is 16.3. The van der Waals surface area contributed by atoms with Gasteiger partial charge in [0.15, 0.2) is 5.11 Å². The van der Waals surface area contributed by atoms with Crippen molar-refractivity contribution in [3.8, 4) is 0 Å². The molecule has 24 heavy (non-hydrogen) atoms. The highest BCUT2D eigenvalue weighted by molar-refractivity contribution is 7.80. The molecule has 7 nitrogen and oxygen atoms in total. The Bertz CT molecular complexity index is 788. The van der Waals surface area contributed by atoms with Crippen LogP contribution < -0.4 is 5.32 Å². The molecule has 2 N–H and O–H groups in total. The van der Waals surface area contributed by atoms with Gasteiger partial charge in [-0.15, -0.1) is 6.58 Å². The number of imidazole rings is 1. The lowest BCUT2D eigenvalue weighted by Crippen LogP contribution is -2.46. The van der Waals surface area contributed by atoms with Crippen molar-refractivity contribution in [3.63, 3.8) is 0 Å². The van der Waals surface area contributed by atoms with Gasteiger partial charge in [0.2, 0.25) is 0 Å². The number of benzene rings is 1. The van der Waals surface area contributed by atoms with E-state index in [2.05, 4.69) is 21.9 Å². The van der Waals surface area contributed by atoms with E-state index in [1.807, 2.05) is 4.90 Å². The van der Waals surface area contributed by atoms with E-state index in [9.17, 15) is 10.1 Å². The van der Waals surface area contributed by atoms with Gasteiger partial charge in [0.1, 0.15) is 6.04 Å². The van der Waals surface area contributed by atoms with Crippen molar-refractivity contribution < 1.29 is 4.92 Å². The molecule has 1 aliphatic rings. The number of nitro benzene ring substituents is 1. The third-order valence-corrected chi connectivity index (χ3v) is 4.39. The van der Waals surface area contributed by atoms with E-state index in [0.717, 1.165) is 17.8 Å². The molecule has 0 bridgehead atoms. The monoisotopic (exact) mass is 343 g/mol. The number of fused-ring (bicyclic) bond motifs is 1. The molecule has 8 heteroatoms. The van der Waals surface area contributed by atoms with Crippen molar-refractivity contribution in [2.75, 3.05) is 13.1 Å². The lowest BCUT2D eigenvalue weighted by atomic mass is 9.95. The van der Waals surface area contributed by atoms with Crippen molar-refractivity contribution in [1.29, 1.82) is 0 Å². The second-order valence-corrected chi connectivity index (χ2v) is 5.79. The molecule has 0 saturated carbocycles. The van der Waals surface area contributed by atoms with Crippen LogP contribution in [0.15, 0.2) is 43.2 Å². The minimum atomic E-state index is -0.397. The van der Waals surface area contributed by atoms with Crippen molar-refractivity contribution in [3.05, 3.63) is 70.3 Å². The van der Waals surface area contributed by atoms with Crippen molar-refractivity contribution in [1.82, 2.24) is 20.2 Å². The van der Waals surface area contributed by atoms with E-state index in [1.54, 1.807) is 30.6 Å². The first-order valence-electron chi connectivity index (χ1n) is 7.54. The first-order chi connectivity index (χ1) is 11.6. The standard InChI is InChI=1S/C16H17N5O2S/c1-2-8-17-16(24)20-9-7-12-14(19-10-18-12)15(20)11-5-3-4-6-13(11)21(22)23/h2-6,10,15H,1,7-9H2,(H,17,24)(H,18,19). The first-order valence-corrected chi connectivity index (χ1v) is 7.95. The van der Waals surface area contributed by atoms with Crippen LogP contribution in [0.1, 0.15) is 23.0 Å². The summed E-state index contributed by atoms with van der Waals surface area (Å²) in [7, 11) is 0. The minimum absolute atomic E-state index is 0.0647. The van der Waals surface area contributed by atoms with Crippen LogP contribution in [0.3, 0.4) is 0 Å². The number of H-pyrrole nitrogens is 1. The summed E-state index contributed by atoms with van der Waals surface area (Å²) in [6.45, 7) is 4.85. The SMILES string of the molecule is C=CCNC(=S)N1CCc2[nH]cnc2C1c1ccccc1[N+](=O)[O-]. The summed E-state index contributed by atoms with van der Waals surface area (Å²) in [5, 5.41) is 15.1. The van der Waals surface area contributed by atoms with E-state index < -0.39 is 6.04 Å². The maximum absolute atomic E-state index is 11.5. The predicted octanol–water partition coefficient (Wildman–Crippen LogP) is 2.33. The number of aromatic amines is 1. The van der Waals surface area contributed by atoms with Crippen LogP contribution in [0.4, 0.5) is 5.69 Å². The number of hydrogen-bond donors (Lipinski definition) is 2. The molecule has 2 heterocycles. The van der Waals surface area contributed by atoms with Crippen molar-refractivity contribution in [2.24, 2.45) is 0 Å². The third kappa shape index (κ3) is 2.88. The van der Waals surface area contributed by atoms with E-state index in [1.165, 1.54) is 6.07 Å². The first kappa shape index (κ1) is 16.1. The molecule has 2 aromatic rings. The fourth-order valence-electron chi connectivity index (χ4n) is 2.96. The molecule has 0 radical (unpaired) electrons. The Morgan fingerprint density at radius 3 is 3.12 bits per heavy atom. The molecule has 0 saturated heterocycles. The molecule has 0 aliphatic carbocycles. The Labute approximate surface area is 144 Å². The molecule has 124 valence electrons. The van der Waals surface area contributed by atoms with Crippen LogP contribution in [0.2, 0.25) is 0 Å². The van der Waals surface area contributed by atoms with Gasteiger partial charge in [-0.05, 0) is 18.3 Å². The molecule has 1 aromatic carbocycles. The Kier molecular flexibility index (Phi) is 4.57. The fourth-order valence-corrected chi connectivity index (χ4v) is 3.24. The quantitative estimate of drug-likeness (QED) is 0.383. The average molecular weight is 343 g/mol. The zero-order valence-corrected chi connectivity index (χ0v) is 13.8. The fraction of sp³-hybridized carbons (Fsp3) is 0.250. The maximum Gasteiger partial charge on any atom is 0.275 e. The molecule has 3 rings (SSSR count). The highest BCUT2D eigenvalue weighted by Gasteiger charge is 2.36. The number of para-hydroxylation sites is 1. The van der Waals surface area contributed by atoms with Crippen LogP contribution >= 0.6 is 12.2 Å². The summed E-state index contributed by atoms with van der Waals surface area (Å²) in [5.41, 5.74) is 2.41. The second kappa shape index (κ2) is 6.79. The molecule has 1 aromatic heterocycles. The second-order valence-electron chi connectivity index (χ2n) is 5.40. The van der Waals surface area contributed by atoms with Gasteiger partial charge < -0.3 is 15.2 Å². The number of nitrogens with zero attached hydrogens (tertiary/aromatic N) is 3. The minimum Gasteiger partial charge on any atom is -0.359 e. The van der Waals surface area contributed by atoms with Gasteiger partial charge in [-0.25, -0.2) is 4.98 Å². The summed E-state index contributed by atoms with van der Waals surface area (Å²) in [4.78, 5) is 20.6. The molecular weight excluding hydrogens is 326 g/mol. The van der Waals surface area contributed by atoms with E-state index in [4.69, 9.17) is 12.2 Å². The number of thiocarbonyl (C=S) groups is 1. The molecule has 1 unspecified atom stereocenters. The van der Waals surface area contributed by atoms with Crippen molar-refractivity contribution in [2.45, 2.75) is 12.5 Å². The van der Waals surface area contributed by atoms with E-state index in [0.29, 0.717) is 23.8 Å². The summed E-state index contributed by atoms with van der Waals surface area (Å²) >= 11 is 5.49. The zero-order chi connectivity index (χ0) is 17.1. The van der Waals surface area contributed by atoms with Crippen LogP contribution in [0.5, 0.6) is 0 Å². The number of aromatic nitrogens is 2. The molecule has 0 spiro atoms. The third-order valence-electron chi connectivity index (χ3n) is 4.01. The molecule has 0 fully saturated rings. The Morgan fingerprint density at radius 1 is 1.58 bits per heavy atom. The van der Waals surface area contributed by atoms with E-state index >= 15 is 0 Å². The van der Waals surface area contributed by atoms with Crippen LogP contribution in [-0.2, 0) is 6.42 Å². The van der Waals surface area contributed by atoms with Gasteiger partial charge >= 0.3 is 0 Å². The maximum atomic E-state index is 11.5. The van der Waals surface area contributed by atoms with Gasteiger partial charge in [-0.2, -0.15) is 0 Å². The van der Waals surface area contributed by atoms with Gasteiger partial charge in [-0.1, -0.05) is 18.2 Å². The highest BCUT2D eigenvalue weighted by Crippen LogP contribution is 2.37. The molecule has 1 atom stereocenters. The summed E-state index contributed by atoms with van der Waals surface area (Å²) in [5.74, 6) is 0. The lowest BCUT2D eigenvalue weighted by Gasteiger charge is -2.36. The molecular formula is C16H17N5O2S.